The Labute approximate surface area is 185 Å². The largest absolute Gasteiger partial charge is 0.493 e. The molecule has 1 aromatic heterocycles. The zero-order chi connectivity index (χ0) is 21.8. The maximum absolute atomic E-state index is 6.26. The van der Waals surface area contributed by atoms with E-state index in [0.29, 0.717) is 0 Å². The van der Waals surface area contributed by atoms with E-state index < -0.39 is 0 Å². The predicted molar refractivity (Wildman–Crippen MR) is 128 cm³/mol. The molecule has 0 saturated heterocycles. The Hall–Kier alpha value is -1.83. The lowest BCUT2D eigenvalue weighted by atomic mass is 10.00. The first-order chi connectivity index (χ1) is 14.5. The molecule has 2 rings (SSSR count). The molecule has 0 unspecified atom stereocenters. The van der Waals surface area contributed by atoms with Gasteiger partial charge in [-0.3, -0.25) is 0 Å². The van der Waals surface area contributed by atoms with Crippen LogP contribution in [0, 0.1) is 20.8 Å². The molecule has 0 amide bonds. The van der Waals surface area contributed by atoms with Crippen LogP contribution in [-0.4, -0.2) is 6.61 Å². The maximum atomic E-state index is 6.26. The number of ether oxygens (including phenoxy) is 1. The van der Waals surface area contributed by atoms with Crippen LogP contribution in [-0.2, 0) is 19.4 Å². The van der Waals surface area contributed by atoms with Gasteiger partial charge < -0.3 is 4.74 Å². The van der Waals surface area contributed by atoms with Crippen LogP contribution in [0.3, 0.4) is 0 Å². The number of aryl methyl sites for hydroxylation is 5. The van der Waals surface area contributed by atoms with Gasteiger partial charge in [0.25, 0.3) is 0 Å². The molecule has 1 heterocycles. The van der Waals surface area contributed by atoms with Crippen molar-refractivity contribution in [2.45, 2.75) is 105 Å². The molecule has 0 N–H and O–H groups in total. The fourth-order valence-electron chi connectivity index (χ4n) is 4.31. The Kier molecular flexibility index (Phi) is 11.0. The molecule has 1 aromatic carbocycles. The number of hydrogen-bond donors (Lipinski definition) is 0. The number of unbranched alkanes of at least 4 members (excludes halogenated alkanes) is 5. The lowest BCUT2D eigenvalue weighted by Gasteiger charge is -2.14. The van der Waals surface area contributed by atoms with Crippen LogP contribution in [0.5, 0.6) is 5.75 Å². The average Bonchev–Trinajstić information content (AvgIpc) is 2.71. The summed E-state index contributed by atoms with van der Waals surface area (Å²) in [6.45, 7) is 13.0. The number of nitrogens with zero attached hydrogens (tertiary/aromatic N) is 1. The van der Waals surface area contributed by atoms with Crippen LogP contribution in [0.4, 0.5) is 0 Å². The van der Waals surface area contributed by atoms with Gasteiger partial charge in [0, 0.05) is 32.4 Å². The number of aromatic nitrogens is 1. The minimum absolute atomic E-state index is 0.806. The summed E-state index contributed by atoms with van der Waals surface area (Å²) in [7, 11) is 0. The first-order valence-electron chi connectivity index (χ1n) is 12.3. The molecule has 0 spiro atoms. The summed E-state index contributed by atoms with van der Waals surface area (Å²) in [5.41, 5.74) is 6.94. The Morgan fingerprint density at radius 3 is 2.07 bits per heavy atom. The molecule has 0 aliphatic carbocycles. The molecule has 0 radical (unpaired) electrons. The van der Waals surface area contributed by atoms with Crippen molar-refractivity contribution in [3.63, 3.8) is 0 Å². The summed E-state index contributed by atoms with van der Waals surface area (Å²) in [6.07, 6.45) is 12.3. The van der Waals surface area contributed by atoms with E-state index in [9.17, 15) is 0 Å². The molecular weight excluding hydrogens is 366 g/mol. The predicted octanol–water partition coefficient (Wildman–Crippen LogP) is 7.22. The van der Waals surface area contributed by atoms with Crippen molar-refractivity contribution in [3.8, 4) is 5.75 Å². The third-order valence-corrected chi connectivity index (χ3v) is 6.00. The molecular formula is C28H44NO+. The second kappa shape index (κ2) is 13.5. The average molecular weight is 411 g/mol. The summed E-state index contributed by atoms with van der Waals surface area (Å²) < 4.78 is 8.68. The van der Waals surface area contributed by atoms with Gasteiger partial charge in [0.15, 0.2) is 11.4 Å². The van der Waals surface area contributed by atoms with Crippen LogP contribution in [0.25, 0.3) is 0 Å². The third-order valence-electron chi connectivity index (χ3n) is 6.00. The highest BCUT2D eigenvalue weighted by atomic mass is 16.5. The van der Waals surface area contributed by atoms with Gasteiger partial charge in [0.1, 0.15) is 12.3 Å². The summed E-state index contributed by atoms with van der Waals surface area (Å²) in [5, 5.41) is 0. The first kappa shape index (κ1) is 24.4. The molecule has 2 aromatic rings. The molecule has 166 valence electrons. The van der Waals surface area contributed by atoms with E-state index in [1.54, 1.807) is 0 Å². The van der Waals surface area contributed by atoms with Crippen molar-refractivity contribution < 1.29 is 9.30 Å². The van der Waals surface area contributed by atoms with E-state index in [1.807, 2.05) is 0 Å². The fourth-order valence-corrected chi connectivity index (χ4v) is 4.31. The van der Waals surface area contributed by atoms with Gasteiger partial charge in [-0.2, -0.15) is 0 Å². The van der Waals surface area contributed by atoms with Crippen molar-refractivity contribution in [2.24, 2.45) is 0 Å². The lowest BCUT2D eigenvalue weighted by Crippen LogP contribution is -2.40. The molecule has 0 saturated carbocycles. The Morgan fingerprint density at radius 1 is 0.733 bits per heavy atom. The molecule has 0 atom stereocenters. The summed E-state index contributed by atoms with van der Waals surface area (Å²) in [5.74, 6) is 1.11. The lowest BCUT2D eigenvalue weighted by molar-refractivity contribution is -0.709. The summed E-state index contributed by atoms with van der Waals surface area (Å²) in [4.78, 5) is 0. The second-order valence-electron chi connectivity index (χ2n) is 8.88. The minimum atomic E-state index is 0.806. The quantitative estimate of drug-likeness (QED) is 0.237. The Bertz CT molecular complexity index is 742. The normalized spacial score (nSPS) is 11.1. The first-order valence-corrected chi connectivity index (χ1v) is 12.3. The van der Waals surface area contributed by atoms with E-state index in [0.717, 1.165) is 38.2 Å². The zero-order valence-electron chi connectivity index (χ0n) is 20.2. The van der Waals surface area contributed by atoms with E-state index in [2.05, 4.69) is 69.5 Å². The second-order valence-corrected chi connectivity index (χ2v) is 8.88. The summed E-state index contributed by atoms with van der Waals surface area (Å²) in [6, 6.07) is 11.5. The van der Waals surface area contributed by atoms with Crippen LogP contribution in [0.2, 0.25) is 0 Å². The number of hydrogen-bond acceptors (Lipinski definition) is 1. The number of benzene rings is 1. The third kappa shape index (κ3) is 8.13. The number of pyridine rings is 1. The van der Waals surface area contributed by atoms with Gasteiger partial charge in [-0.1, -0.05) is 51.7 Å². The van der Waals surface area contributed by atoms with Crippen molar-refractivity contribution in [3.05, 3.63) is 58.4 Å². The van der Waals surface area contributed by atoms with E-state index in [1.165, 1.54) is 73.0 Å². The van der Waals surface area contributed by atoms with Crippen LogP contribution in [0.15, 0.2) is 30.3 Å². The van der Waals surface area contributed by atoms with Gasteiger partial charge >= 0.3 is 0 Å². The van der Waals surface area contributed by atoms with E-state index in [4.69, 9.17) is 4.74 Å². The zero-order valence-corrected chi connectivity index (χ0v) is 20.2. The molecule has 0 bridgehead atoms. The monoisotopic (exact) mass is 410 g/mol. The maximum Gasteiger partial charge on any atom is 0.178 e. The van der Waals surface area contributed by atoms with Gasteiger partial charge in [-0.25, -0.2) is 4.57 Å². The van der Waals surface area contributed by atoms with Gasteiger partial charge in [0.05, 0.1) is 6.61 Å². The van der Waals surface area contributed by atoms with Gasteiger partial charge in [-0.15, -0.1) is 0 Å². The summed E-state index contributed by atoms with van der Waals surface area (Å²) >= 11 is 0. The van der Waals surface area contributed by atoms with Crippen molar-refractivity contribution in [1.82, 2.24) is 0 Å². The molecule has 0 fully saturated rings. The molecule has 2 nitrogen and oxygen atoms in total. The van der Waals surface area contributed by atoms with Crippen molar-refractivity contribution >= 4 is 0 Å². The molecule has 0 aliphatic rings. The van der Waals surface area contributed by atoms with Crippen molar-refractivity contribution in [1.29, 1.82) is 0 Å². The molecule has 2 heteroatoms. The minimum Gasteiger partial charge on any atom is -0.493 e. The standard InChI is InChI=1S/C28H44NO/c1-6-8-10-14-26-16-17-28(27(22-26)15-11-9-7-2)30-19-13-12-18-29-24(4)20-23(3)21-25(29)5/h16-17,20-22H,6-15,18-19H2,1-5H3/q+1. The van der Waals surface area contributed by atoms with Crippen LogP contribution in [0.1, 0.15) is 93.3 Å². The fraction of sp³-hybridized carbons (Fsp3) is 0.607. The van der Waals surface area contributed by atoms with Crippen molar-refractivity contribution in [2.75, 3.05) is 6.61 Å². The van der Waals surface area contributed by atoms with Gasteiger partial charge in [-0.05, 0) is 61.8 Å². The molecule has 0 aliphatic heterocycles. The topological polar surface area (TPSA) is 13.1 Å². The highest BCUT2D eigenvalue weighted by Gasteiger charge is 2.11. The van der Waals surface area contributed by atoms with E-state index in [-0.39, 0.29) is 0 Å². The Balaban J connectivity index is 1.88. The SMILES string of the molecule is CCCCCc1ccc(OCCCC[n+]2c(C)cc(C)cc2C)c(CCCCC)c1. The van der Waals surface area contributed by atoms with Gasteiger partial charge in [0.2, 0.25) is 0 Å². The smallest absolute Gasteiger partial charge is 0.178 e. The highest BCUT2D eigenvalue weighted by Crippen LogP contribution is 2.24. The number of rotatable bonds is 14. The van der Waals surface area contributed by atoms with Crippen LogP contribution >= 0.6 is 0 Å². The Morgan fingerprint density at radius 2 is 1.40 bits per heavy atom. The van der Waals surface area contributed by atoms with Crippen LogP contribution < -0.4 is 9.30 Å². The molecule has 30 heavy (non-hydrogen) atoms. The highest BCUT2D eigenvalue weighted by molar-refractivity contribution is 5.37. The van der Waals surface area contributed by atoms with E-state index >= 15 is 0 Å².